The van der Waals surface area contributed by atoms with E-state index in [0.717, 1.165) is 0 Å². The van der Waals surface area contributed by atoms with Crippen LogP contribution in [0.15, 0.2) is 24.3 Å². The minimum absolute atomic E-state index is 0.239. The van der Waals surface area contributed by atoms with Crippen molar-refractivity contribution in [2.45, 2.75) is 25.6 Å². The van der Waals surface area contributed by atoms with Gasteiger partial charge < -0.3 is 5.32 Å². The molecule has 0 heterocycles. The SMILES string of the molecule is CC(Cc1ccccc1F)NCC(F)(F)F. The fraction of sp³-hybridized carbons (Fsp3) is 0.455. The summed E-state index contributed by atoms with van der Waals surface area (Å²) in [6, 6.07) is 5.66. The van der Waals surface area contributed by atoms with Gasteiger partial charge in [0.1, 0.15) is 5.82 Å². The molecule has 0 radical (unpaired) electrons. The second-order valence-corrected chi connectivity index (χ2v) is 3.69. The predicted octanol–water partition coefficient (Wildman–Crippen LogP) is 2.91. The Morgan fingerprint density at radius 2 is 1.88 bits per heavy atom. The molecule has 0 fully saturated rings. The van der Waals surface area contributed by atoms with Crippen LogP contribution in [0.1, 0.15) is 12.5 Å². The summed E-state index contributed by atoms with van der Waals surface area (Å²) in [5.41, 5.74) is 0.421. The molecule has 0 aliphatic heterocycles. The maximum absolute atomic E-state index is 13.2. The highest BCUT2D eigenvalue weighted by Gasteiger charge is 2.27. The average molecular weight is 235 g/mol. The van der Waals surface area contributed by atoms with E-state index in [0.29, 0.717) is 5.56 Å². The third kappa shape index (κ3) is 4.61. The van der Waals surface area contributed by atoms with Crippen LogP contribution in [-0.2, 0) is 6.42 Å². The first kappa shape index (κ1) is 13.0. The molecule has 1 aromatic rings. The summed E-state index contributed by atoms with van der Waals surface area (Å²) in [5.74, 6) is -0.386. The molecular weight excluding hydrogens is 222 g/mol. The minimum atomic E-state index is -4.23. The van der Waals surface area contributed by atoms with Crippen molar-refractivity contribution in [1.82, 2.24) is 5.32 Å². The molecule has 0 aromatic heterocycles. The summed E-state index contributed by atoms with van der Waals surface area (Å²) < 4.78 is 48.9. The molecule has 0 bridgehead atoms. The fourth-order valence-corrected chi connectivity index (χ4v) is 1.36. The van der Waals surface area contributed by atoms with Gasteiger partial charge in [-0.15, -0.1) is 0 Å². The molecule has 16 heavy (non-hydrogen) atoms. The topological polar surface area (TPSA) is 12.0 Å². The van der Waals surface area contributed by atoms with E-state index in [-0.39, 0.29) is 12.2 Å². The van der Waals surface area contributed by atoms with E-state index >= 15 is 0 Å². The lowest BCUT2D eigenvalue weighted by Crippen LogP contribution is -2.36. The molecule has 0 spiro atoms. The first-order chi connectivity index (χ1) is 7.38. The standard InChI is InChI=1S/C11H13F4N/c1-8(16-7-11(13,14)15)6-9-4-2-3-5-10(9)12/h2-5,8,16H,6-7H2,1H3. The molecule has 90 valence electrons. The van der Waals surface area contributed by atoms with Crippen molar-refractivity contribution in [2.75, 3.05) is 6.54 Å². The molecule has 0 saturated heterocycles. The van der Waals surface area contributed by atoms with Gasteiger partial charge in [-0.1, -0.05) is 18.2 Å². The largest absolute Gasteiger partial charge is 0.401 e. The molecule has 1 nitrogen and oxygen atoms in total. The number of alkyl halides is 3. The Bertz CT molecular complexity index is 335. The predicted molar refractivity (Wildman–Crippen MR) is 53.6 cm³/mol. The highest BCUT2D eigenvalue weighted by Crippen LogP contribution is 2.14. The van der Waals surface area contributed by atoms with Crippen LogP contribution in [0.5, 0.6) is 0 Å². The molecule has 1 aromatic carbocycles. The molecule has 0 aliphatic rings. The number of hydrogen-bond donors (Lipinski definition) is 1. The van der Waals surface area contributed by atoms with Crippen molar-refractivity contribution in [3.63, 3.8) is 0 Å². The first-order valence-corrected chi connectivity index (χ1v) is 4.92. The Morgan fingerprint density at radius 3 is 2.44 bits per heavy atom. The van der Waals surface area contributed by atoms with Crippen LogP contribution in [0.25, 0.3) is 0 Å². The van der Waals surface area contributed by atoms with Crippen molar-refractivity contribution in [3.8, 4) is 0 Å². The van der Waals surface area contributed by atoms with Gasteiger partial charge in [-0.25, -0.2) is 4.39 Å². The highest BCUT2D eigenvalue weighted by molar-refractivity contribution is 5.18. The lowest BCUT2D eigenvalue weighted by Gasteiger charge is -2.15. The van der Waals surface area contributed by atoms with Crippen molar-refractivity contribution in [1.29, 1.82) is 0 Å². The molecule has 1 N–H and O–H groups in total. The average Bonchev–Trinajstić information content (AvgIpc) is 2.18. The Kier molecular flexibility index (Phi) is 4.29. The zero-order chi connectivity index (χ0) is 12.2. The molecule has 0 aliphatic carbocycles. The van der Waals surface area contributed by atoms with Gasteiger partial charge in [0.05, 0.1) is 6.54 Å². The van der Waals surface area contributed by atoms with Gasteiger partial charge in [-0.3, -0.25) is 0 Å². The van der Waals surface area contributed by atoms with E-state index in [1.807, 2.05) is 0 Å². The third-order valence-corrected chi connectivity index (χ3v) is 2.13. The van der Waals surface area contributed by atoms with Crippen LogP contribution in [0.2, 0.25) is 0 Å². The quantitative estimate of drug-likeness (QED) is 0.791. The van der Waals surface area contributed by atoms with E-state index < -0.39 is 18.8 Å². The number of rotatable bonds is 4. The van der Waals surface area contributed by atoms with E-state index in [2.05, 4.69) is 5.32 Å². The van der Waals surface area contributed by atoms with Gasteiger partial charge in [0.25, 0.3) is 0 Å². The summed E-state index contributed by atoms with van der Waals surface area (Å²) in [5, 5.41) is 2.31. The van der Waals surface area contributed by atoms with Crippen LogP contribution in [0.4, 0.5) is 17.6 Å². The first-order valence-electron chi connectivity index (χ1n) is 4.92. The Hall–Kier alpha value is -1.10. The van der Waals surface area contributed by atoms with Crippen LogP contribution < -0.4 is 5.32 Å². The monoisotopic (exact) mass is 235 g/mol. The molecule has 1 unspecified atom stereocenters. The van der Waals surface area contributed by atoms with Gasteiger partial charge in [0.15, 0.2) is 0 Å². The minimum Gasteiger partial charge on any atom is -0.306 e. The van der Waals surface area contributed by atoms with Crippen molar-refractivity contribution in [3.05, 3.63) is 35.6 Å². The second kappa shape index (κ2) is 5.30. The molecule has 1 rings (SSSR count). The molecule has 1 atom stereocenters. The lowest BCUT2D eigenvalue weighted by atomic mass is 10.1. The zero-order valence-electron chi connectivity index (χ0n) is 8.81. The molecule has 0 amide bonds. The summed E-state index contributed by atoms with van der Waals surface area (Å²) in [6.45, 7) is 0.542. The summed E-state index contributed by atoms with van der Waals surface area (Å²) in [4.78, 5) is 0. The summed E-state index contributed by atoms with van der Waals surface area (Å²) in [6.07, 6.45) is -3.99. The molecule has 5 heteroatoms. The van der Waals surface area contributed by atoms with Crippen LogP contribution in [-0.4, -0.2) is 18.8 Å². The van der Waals surface area contributed by atoms with Gasteiger partial charge in [-0.05, 0) is 25.0 Å². The number of hydrogen-bond acceptors (Lipinski definition) is 1. The fourth-order valence-electron chi connectivity index (χ4n) is 1.36. The molecule has 0 saturated carbocycles. The third-order valence-electron chi connectivity index (χ3n) is 2.13. The Morgan fingerprint density at radius 1 is 1.25 bits per heavy atom. The van der Waals surface area contributed by atoms with Crippen LogP contribution in [0.3, 0.4) is 0 Å². The van der Waals surface area contributed by atoms with Crippen molar-refractivity contribution in [2.24, 2.45) is 0 Å². The van der Waals surface area contributed by atoms with E-state index in [4.69, 9.17) is 0 Å². The maximum Gasteiger partial charge on any atom is 0.401 e. The van der Waals surface area contributed by atoms with Crippen molar-refractivity contribution >= 4 is 0 Å². The van der Waals surface area contributed by atoms with E-state index in [1.165, 1.54) is 6.07 Å². The normalized spacial score (nSPS) is 13.8. The lowest BCUT2D eigenvalue weighted by molar-refractivity contribution is -0.126. The number of halogens is 4. The van der Waals surface area contributed by atoms with E-state index in [1.54, 1.807) is 25.1 Å². The van der Waals surface area contributed by atoms with Crippen LogP contribution in [0, 0.1) is 5.82 Å². The summed E-state index contributed by atoms with van der Waals surface area (Å²) >= 11 is 0. The Balaban J connectivity index is 2.46. The van der Waals surface area contributed by atoms with Crippen molar-refractivity contribution < 1.29 is 17.6 Å². The van der Waals surface area contributed by atoms with E-state index in [9.17, 15) is 17.6 Å². The van der Waals surface area contributed by atoms with Gasteiger partial charge in [-0.2, -0.15) is 13.2 Å². The summed E-state index contributed by atoms with van der Waals surface area (Å²) in [7, 11) is 0. The van der Waals surface area contributed by atoms with Gasteiger partial charge in [0, 0.05) is 6.04 Å². The number of nitrogens with one attached hydrogen (secondary N) is 1. The zero-order valence-corrected chi connectivity index (χ0v) is 8.81. The smallest absolute Gasteiger partial charge is 0.306 e. The van der Waals surface area contributed by atoms with Crippen LogP contribution >= 0.6 is 0 Å². The molecular formula is C11H13F4N. The Labute approximate surface area is 91.5 Å². The number of benzene rings is 1. The van der Waals surface area contributed by atoms with Gasteiger partial charge >= 0.3 is 6.18 Å². The maximum atomic E-state index is 13.2. The highest BCUT2D eigenvalue weighted by atomic mass is 19.4. The second-order valence-electron chi connectivity index (χ2n) is 3.69. The van der Waals surface area contributed by atoms with Gasteiger partial charge in [0.2, 0.25) is 0 Å².